The van der Waals surface area contributed by atoms with Crippen LogP contribution in [-0.4, -0.2) is 30.4 Å². The fourth-order valence-corrected chi connectivity index (χ4v) is 4.65. The average molecular weight is 479 g/mol. The van der Waals surface area contributed by atoms with Gasteiger partial charge in [-0.3, -0.25) is 20.4 Å². The van der Waals surface area contributed by atoms with E-state index in [1.54, 1.807) is 5.38 Å². The van der Waals surface area contributed by atoms with Crippen molar-refractivity contribution in [3.8, 4) is 11.1 Å². The number of carbonyl (C=O) groups is 2. The predicted molar refractivity (Wildman–Crippen MR) is 140 cm³/mol. The quantitative estimate of drug-likeness (QED) is 0.399. The summed E-state index contributed by atoms with van der Waals surface area (Å²) >= 11 is 1.41. The van der Waals surface area contributed by atoms with Gasteiger partial charge in [-0.25, -0.2) is 4.98 Å². The number of hydrogen-bond acceptors (Lipinski definition) is 5. The lowest BCUT2D eigenvalue weighted by Gasteiger charge is -2.20. The first-order chi connectivity index (χ1) is 16.2. The zero-order valence-electron chi connectivity index (χ0n) is 20.5. The monoisotopic (exact) mass is 478 g/mol. The van der Waals surface area contributed by atoms with E-state index < -0.39 is 5.91 Å². The van der Waals surface area contributed by atoms with Gasteiger partial charge in [0.1, 0.15) is 5.69 Å². The molecule has 180 valence electrons. The van der Waals surface area contributed by atoms with E-state index in [0.717, 1.165) is 28.4 Å². The SMILES string of the molecule is CC(C)CC(C(=O)NNC(=O)c1csc(N(C)CC(C)C)n1)c1cccc(-c2ccccc2)c1. The minimum Gasteiger partial charge on any atom is -0.351 e. The van der Waals surface area contributed by atoms with Gasteiger partial charge in [0.25, 0.3) is 5.91 Å². The summed E-state index contributed by atoms with van der Waals surface area (Å²) in [6.45, 7) is 9.30. The number of rotatable bonds is 9. The number of thiazole rings is 1. The lowest BCUT2D eigenvalue weighted by atomic mass is 9.88. The second-order valence-electron chi connectivity index (χ2n) is 9.41. The number of benzene rings is 2. The Kier molecular flexibility index (Phi) is 8.82. The van der Waals surface area contributed by atoms with Crippen molar-refractivity contribution in [2.24, 2.45) is 11.8 Å². The molecule has 0 aliphatic rings. The van der Waals surface area contributed by atoms with Gasteiger partial charge in [-0.05, 0) is 34.9 Å². The van der Waals surface area contributed by atoms with Gasteiger partial charge < -0.3 is 4.90 Å². The Balaban J connectivity index is 1.70. The Hall–Kier alpha value is -3.19. The molecule has 1 unspecified atom stereocenters. The van der Waals surface area contributed by atoms with Crippen LogP contribution in [0.4, 0.5) is 5.13 Å². The topological polar surface area (TPSA) is 74.3 Å². The zero-order chi connectivity index (χ0) is 24.7. The summed E-state index contributed by atoms with van der Waals surface area (Å²) < 4.78 is 0. The van der Waals surface area contributed by atoms with Crippen LogP contribution in [0.3, 0.4) is 0 Å². The maximum atomic E-state index is 13.1. The van der Waals surface area contributed by atoms with Gasteiger partial charge in [-0.15, -0.1) is 11.3 Å². The van der Waals surface area contributed by atoms with E-state index in [1.807, 2.05) is 48.3 Å². The molecule has 0 radical (unpaired) electrons. The van der Waals surface area contributed by atoms with Crippen molar-refractivity contribution < 1.29 is 9.59 Å². The van der Waals surface area contributed by atoms with Gasteiger partial charge in [-0.2, -0.15) is 0 Å². The van der Waals surface area contributed by atoms with Gasteiger partial charge in [0, 0.05) is 19.0 Å². The van der Waals surface area contributed by atoms with E-state index in [1.165, 1.54) is 11.3 Å². The molecule has 0 saturated carbocycles. The standard InChI is InChI=1S/C27H34N4O2S/c1-18(2)14-23(22-13-9-12-21(15-22)20-10-7-6-8-11-20)25(32)29-30-26(33)24-17-34-27(28-24)31(5)16-19(3)4/h6-13,15,17-19,23H,14,16H2,1-5H3,(H,29,32)(H,30,33). The fraction of sp³-hybridized carbons (Fsp3) is 0.370. The highest BCUT2D eigenvalue weighted by Crippen LogP contribution is 2.28. The Morgan fingerprint density at radius 1 is 0.941 bits per heavy atom. The van der Waals surface area contributed by atoms with Crippen molar-refractivity contribution in [2.75, 3.05) is 18.5 Å². The van der Waals surface area contributed by atoms with Crippen molar-refractivity contribution in [3.05, 3.63) is 71.2 Å². The van der Waals surface area contributed by atoms with Crippen LogP contribution in [0.25, 0.3) is 11.1 Å². The molecule has 7 heteroatoms. The molecule has 6 nitrogen and oxygen atoms in total. The van der Waals surface area contributed by atoms with E-state index in [4.69, 9.17) is 0 Å². The molecule has 2 aromatic carbocycles. The largest absolute Gasteiger partial charge is 0.351 e. The van der Waals surface area contributed by atoms with Gasteiger partial charge in [0.15, 0.2) is 5.13 Å². The summed E-state index contributed by atoms with van der Waals surface area (Å²) in [6.07, 6.45) is 0.667. The molecular formula is C27H34N4O2S. The third-order valence-electron chi connectivity index (χ3n) is 5.41. The first kappa shape index (κ1) is 25.4. The van der Waals surface area contributed by atoms with E-state index >= 15 is 0 Å². The number of hydrogen-bond donors (Lipinski definition) is 2. The molecule has 3 aromatic rings. The number of amides is 2. The van der Waals surface area contributed by atoms with E-state index in [2.05, 4.69) is 61.7 Å². The van der Waals surface area contributed by atoms with Gasteiger partial charge in [-0.1, -0.05) is 82.3 Å². The van der Waals surface area contributed by atoms with Crippen molar-refractivity contribution in [1.82, 2.24) is 15.8 Å². The summed E-state index contributed by atoms with van der Waals surface area (Å²) in [5.74, 6) is -0.241. The summed E-state index contributed by atoms with van der Waals surface area (Å²) in [4.78, 5) is 32.2. The molecule has 3 rings (SSSR count). The molecule has 0 aliphatic carbocycles. The Bertz CT molecular complexity index is 1090. The molecule has 1 aromatic heterocycles. The molecule has 0 spiro atoms. The summed E-state index contributed by atoms with van der Waals surface area (Å²) in [7, 11) is 1.96. The van der Waals surface area contributed by atoms with Gasteiger partial charge in [0.05, 0.1) is 5.92 Å². The number of aromatic nitrogens is 1. The smallest absolute Gasteiger partial charge is 0.289 e. The number of carbonyl (C=O) groups excluding carboxylic acids is 2. The molecule has 0 aliphatic heterocycles. The van der Waals surface area contributed by atoms with Crippen LogP contribution < -0.4 is 15.8 Å². The third-order valence-corrected chi connectivity index (χ3v) is 6.36. The Morgan fingerprint density at radius 3 is 2.32 bits per heavy atom. The highest BCUT2D eigenvalue weighted by Gasteiger charge is 2.23. The Labute approximate surface area is 206 Å². The average Bonchev–Trinajstić information content (AvgIpc) is 3.32. The number of nitrogens with zero attached hydrogens (tertiary/aromatic N) is 2. The first-order valence-electron chi connectivity index (χ1n) is 11.7. The van der Waals surface area contributed by atoms with Crippen LogP contribution in [0, 0.1) is 11.8 Å². The van der Waals surface area contributed by atoms with Crippen LogP contribution in [-0.2, 0) is 4.79 Å². The molecule has 34 heavy (non-hydrogen) atoms. The fourth-order valence-electron chi connectivity index (χ4n) is 3.87. The van der Waals surface area contributed by atoms with Crippen molar-refractivity contribution in [3.63, 3.8) is 0 Å². The predicted octanol–water partition coefficient (Wildman–Crippen LogP) is 5.49. The van der Waals surface area contributed by atoms with Gasteiger partial charge in [0.2, 0.25) is 5.91 Å². The van der Waals surface area contributed by atoms with Crippen LogP contribution in [0.2, 0.25) is 0 Å². The summed E-state index contributed by atoms with van der Waals surface area (Å²) in [5.41, 5.74) is 8.55. The summed E-state index contributed by atoms with van der Waals surface area (Å²) in [5, 5.41) is 2.49. The summed E-state index contributed by atoms with van der Waals surface area (Å²) in [6, 6.07) is 18.1. The molecule has 0 fully saturated rings. The van der Waals surface area contributed by atoms with E-state index in [-0.39, 0.29) is 11.8 Å². The second kappa shape index (κ2) is 11.8. The van der Waals surface area contributed by atoms with Crippen LogP contribution in [0.15, 0.2) is 60.0 Å². The molecule has 2 N–H and O–H groups in total. The van der Waals surface area contributed by atoms with E-state index in [0.29, 0.717) is 24.0 Å². The maximum Gasteiger partial charge on any atom is 0.289 e. The number of nitrogens with one attached hydrogen (secondary N) is 2. The molecule has 1 atom stereocenters. The van der Waals surface area contributed by atoms with Crippen LogP contribution in [0.1, 0.15) is 56.1 Å². The molecule has 0 saturated heterocycles. The van der Waals surface area contributed by atoms with Crippen molar-refractivity contribution >= 4 is 28.3 Å². The van der Waals surface area contributed by atoms with Crippen LogP contribution >= 0.6 is 11.3 Å². The first-order valence-corrected chi connectivity index (χ1v) is 12.5. The Morgan fingerprint density at radius 2 is 1.65 bits per heavy atom. The van der Waals surface area contributed by atoms with E-state index in [9.17, 15) is 9.59 Å². The normalized spacial score (nSPS) is 12.0. The molecular weight excluding hydrogens is 444 g/mol. The lowest BCUT2D eigenvalue weighted by molar-refractivity contribution is -0.123. The van der Waals surface area contributed by atoms with Crippen molar-refractivity contribution in [2.45, 2.75) is 40.0 Å². The minimum absolute atomic E-state index is 0.236. The highest BCUT2D eigenvalue weighted by atomic mass is 32.1. The number of hydrazine groups is 1. The lowest BCUT2D eigenvalue weighted by Crippen LogP contribution is -2.44. The highest BCUT2D eigenvalue weighted by molar-refractivity contribution is 7.13. The number of anilines is 1. The minimum atomic E-state index is -0.421. The van der Waals surface area contributed by atoms with Crippen molar-refractivity contribution in [1.29, 1.82) is 0 Å². The molecule has 1 heterocycles. The third kappa shape index (κ3) is 6.90. The van der Waals surface area contributed by atoms with Gasteiger partial charge >= 0.3 is 0 Å². The zero-order valence-corrected chi connectivity index (χ0v) is 21.4. The molecule has 0 bridgehead atoms. The second-order valence-corrected chi connectivity index (χ2v) is 10.2. The molecule has 2 amide bonds. The van der Waals surface area contributed by atoms with Crippen LogP contribution in [0.5, 0.6) is 0 Å². The maximum absolute atomic E-state index is 13.1.